The summed E-state index contributed by atoms with van der Waals surface area (Å²) in [6.07, 6.45) is 0.966. The molecule has 5 nitrogen and oxygen atoms in total. The van der Waals surface area contributed by atoms with E-state index in [1.165, 1.54) is 23.3 Å². The Hall–Kier alpha value is -3.67. The molecular weight excluding hydrogens is 429 g/mol. The van der Waals surface area contributed by atoms with Gasteiger partial charge in [-0.25, -0.2) is 9.18 Å². The van der Waals surface area contributed by atoms with Crippen LogP contribution in [0.25, 0.3) is 0 Å². The van der Waals surface area contributed by atoms with Crippen LogP contribution in [0, 0.1) is 26.6 Å². The zero-order chi connectivity index (χ0) is 24.2. The molecule has 1 heterocycles. The molecule has 1 saturated heterocycles. The Bertz CT molecular complexity index is 1210. The monoisotopic (exact) mass is 459 g/mol. The lowest BCUT2D eigenvalue weighted by Crippen LogP contribution is -2.49. The summed E-state index contributed by atoms with van der Waals surface area (Å²) < 4.78 is 13.2. The molecule has 34 heavy (non-hydrogen) atoms. The van der Waals surface area contributed by atoms with Crippen LogP contribution < -0.4 is 10.2 Å². The van der Waals surface area contributed by atoms with Crippen LogP contribution in [-0.2, 0) is 17.8 Å². The molecule has 3 amide bonds. The molecule has 3 aromatic carbocycles. The Morgan fingerprint density at radius 2 is 1.65 bits per heavy atom. The summed E-state index contributed by atoms with van der Waals surface area (Å²) in [4.78, 5) is 29.8. The fourth-order valence-corrected chi connectivity index (χ4v) is 4.30. The quantitative estimate of drug-likeness (QED) is 0.509. The van der Waals surface area contributed by atoms with Crippen LogP contribution in [0.15, 0.2) is 60.7 Å². The predicted octanol–water partition coefficient (Wildman–Crippen LogP) is 5.76. The van der Waals surface area contributed by atoms with Gasteiger partial charge in [0.15, 0.2) is 0 Å². The summed E-state index contributed by atoms with van der Waals surface area (Å²) in [7, 11) is 0. The Labute approximate surface area is 200 Å². The summed E-state index contributed by atoms with van der Waals surface area (Å²) in [6.45, 7) is 7.91. The van der Waals surface area contributed by atoms with Crippen molar-refractivity contribution in [3.8, 4) is 0 Å². The number of nitrogens with zero attached hydrogens (tertiary/aromatic N) is 2. The van der Waals surface area contributed by atoms with E-state index < -0.39 is 0 Å². The first-order valence-electron chi connectivity index (χ1n) is 11.6. The standard InChI is InChI=1S/C28H30FN3O2/c1-19-5-7-21(3)23(15-19)18-31-13-4-14-32(28(31)34)26-12-6-20(2)16-25(26)30-27(33)17-22-8-10-24(29)11-9-22/h5-12,15-16H,4,13-14,17-18H2,1-3H3,(H,30,33). The van der Waals surface area contributed by atoms with Crippen LogP contribution in [0.5, 0.6) is 0 Å². The van der Waals surface area contributed by atoms with E-state index in [9.17, 15) is 14.0 Å². The van der Waals surface area contributed by atoms with Gasteiger partial charge in [-0.1, -0.05) is 42.0 Å². The molecule has 0 aliphatic carbocycles. The van der Waals surface area contributed by atoms with Crippen LogP contribution in [0.4, 0.5) is 20.6 Å². The van der Waals surface area contributed by atoms with Gasteiger partial charge in [-0.2, -0.15) is 0 Å². The Morgan fingerprint density at radius 3 is 2.41 bits per heavy atom. The molecule has 0 radical (unpaired) electrons. The van der Waals surface area contributed by atoms with Crippen molar-refractivity contribution in [2.75, 3.05) is 23.3 Å². The minimum atomic E-state index is -0.334. The van der Waals surface area contributed by atoms with Gasteiger partial charge in [-0.15, -0.1) is 0 Å². The van der Waals surface area contributed by atoms with Crippen LogP contribution >= 0.6 is 0 Å². The van der Waals surface area contributed by atoms with Crippen LogP contribution in [0.2, 0.25) is 0 Å². The third-order valence-corrected chi connectivity index (χ3v) is 6.17. The second-order valence-electron chi connectivity index (χ2n) is 9.01. The molecule has 176 valence electrons. The third kappa shape index (κ3) is 5.45. The molecule has 1 N–H and O–H groups in total. The highest BCUT2D eigenvalue weighted by molar-refractivity contribution is 6.01. The molecule has 0 aromatic heterocycles. The van der Waals surface area contributed by atoms with E-state index in [4.69, 9.17) is 0 Å². The first kappa shape index (κ1) is 23.5. The smallest absolute Gasteiger partial charge is 0.324 e. The van der Waals surface area contributed by atoms with Gasteiger partial charge in [-0.3, -0.25) is 9.69 Å². The van der Waals surface area contributed by atoms with Crippen LogP contribution in [0.3, 0.4) is 0 Å². The normalized spacial score (nSPS) is 13.8. The second kappa shape index (κ2) is 10.1. The number of benzene rings is 3. The zero-order valence-corrected chi connectivity index (χ0v) is 19.9. The van der Waals surface area contributed by atoms with E-state index in [0.717, 1.165) is 23.1 Å². The number of hydrogen-bond acceptors (Lipinski definition) is 2. The maximum atomic E-state index is 13.5. The van der Waals surface area contributed by atoms with Gasteiger partial charge < -0.3 is 10.2 Å². The van der Waals surface area contributed by atoms with E-state index in [-0.39, 0.29) is 24.2 Å². The molecule has 4 rings (SSSR count). The van der Waals surface area contributed by atoms with Gasteiger partial charge >= 0.3 is 6.03 Å². The number of aryl methyl sites for hydroxylation is 3. The number of anilines is 2. The zero-order valence-electron chi connectivity index (χ0n) is 19.9. The highest BCUT2D eigenvalue weighted by atomic mass is 19.1. The molecule has 0 saturated carbocycles. The van der Waals surface area contributed by atoms with Gasteiger partial charge in [0, 0.05) is 19.6 Å². The van der Waals surface area contributed by atoms with Crippen molar-refractivity contribution in [3.05, 3.63) is 94.3 Å². The second-order valence-corrected chi connectivity index (χ2v) is 9.01. The Kier molecular flexibility index (Phi) is 6.96. The Balaban J connectivity index is 1.53. The summed E-state index contributed by atoms with van der Waals surface area (Å²) in [5.74, 6) is -0.547. The Morgan fingerprint density at radius 1 is 0.941 bits per heavy atom. The summed E-state index contributed by atoms with van der Waals surface area (Å²) >= 11 is 0. The average Bonchev–Trinajstić information content (AvgIpc) is 2.80. The van der Waals surface area contributed by atoms with Crippen LogP contribution in [-0.4, -0.2) is 29.9 Å². The van der Waals surface area contributed by atoms with Crippen molar-refractivity contribution in [3.63, 3.8) is 0 Å². The predicted molar refractivity (Wildman–Crippen MR) is 134 cm³/mol. The lowest BCUT2D eigenvalue weighted by molar-refractivity contribution is -0.115. The molecule has 1 aliphatic rings. The number of carbonyl (C=O) groups excluding carboxylic acids is 2. The SMILES string of the molecule is Cc1ccc(C)c(CN2CCCN(c3ccc(C)cc3NC(=O)Cc3ccc(F)cc3)C2=O)c1. The van der Waals surface area contributed by atoms with Crippen molar-refractivity contribution < 1.29 is 14.0 Å². The van der Waals surface area contributed by atoms with E-state index in [1.807, 2.05) is 30.0 Å². The highest BCUT2D eigenvalue weighted by Crippen LogP contribution is 2.31. The lowest BCUT2D eigenvalue weighted by atomic mass is 10.0. The largest absolute Gasteiger partial charge is 0.324 e. The third-order valence-electron chi connectivity index (χ3n) is 6.17. The first-order valence-corrected chi connectivity index (χ1v) is 11.6. The minimum absolute atomic E-state index is 0.0648. The molecule has 6 heteroatoms. The fraction of sp³-hybridized carbons (Fsp3) is 0.286. The van der Waals surface area contributed by atoms with E-state index in [2.05, 4.69) is 37.4 Å². The van der Waals surface area contributed by atoms with Crippen molar-refractivity contribution in [2.45, 2.75) is 40.2 Å². The van der Waals surface area contributed by atoms with Gasteiger partial charge in [0.25, 0.3) is 0 Å². The van der Waals surface area contributed by atoms with Crippen molar-refractivity contribution >= 4 is 23.3 Å². The maximum absolute atomic E-state index is 13.5. The molecule has 1 aliphatic heterocycles. The molecular formula is C28H30FN3O2. The summed E-state index contributed by atoms with van der Waals surface area (Å²) in [6, 6.07) is 17.9. The van der Waals surface area contributed by atoms with Gasteiger partial charge in [0.2, 0.25) is 5.91 Å². The van der Waals surface area contributed by atoms with Gasteiger partial charge in [-0.05, 0) is 73.7 Å². The molecule has 0 bridgehead atoms. The molecule has 0 spiro atoms. The fourth-order valence-electron chi connectivity index (χ4n) is 4.30. The number of nitrogens with one attached hydrogen (secondary N) is 1. The van der Waals surface area contributed by atoms with E-state index in [1.54, 1.807) is 17.0 Å². The molecule has 0 atom stereocenters. The van der Waals surface area contributed by atoms with Gasteiger partial charge in [0.05, 0.1) is 17.8 Å². The number of hydrogen-bond donors (Lipinski definition) is 1. The van der Waals surface area contributed by atoms with E-state index in [0.29, 0.717) is 31.0 Å². The maximum Gasteiger partial charge on any atom is 0.324 e. The van der Waals surface area contributed by atoms with Crippen molar-refractivity contribution in [1.29, 1.82) is 0 Å². The van der Waals surface area contributed by atoms with E-state index >= 15 is 0 Å². The van der Waals surface area contributed by atoms with Crippen LogP contribution in [0.1, 0.15) is 34.2 Å². The molecule has 0 unspecified atom stereocenters. The number of urea groups is 1. The van der Waals surface area contributed by atoms with Crippen molar-refractivity contribution in [1.82, 2.24) is 4.90 Å². The number of carbonyl (C=O) groups is 2. The molecule has 3 aromatic rings. The summed E-state index contributed by atoms with van der Waals surface area (Å²) in [5, 5.41) is 2.97. The minimum Gasteiger partial charge on any atom is -0.324 e. The number of amides is 3. The highest BCUT2D eigenvalue weighted by Gasteiger charge is 2.29. The number of rotatable bonds is 6. The first-order chi connectivity index (χ1) is 16.3. The number of halogens is 1. The average molecular weight is 460 g/mol. The molecule has 1 fully saturated rings. The topological polar surface area (TPSA) is 52.6 Å². The summed E-state index contributed by atoms with van der Waals surface area (Å²) in [5.41, 5.74) is 6.49. The van der Waals surface area contributed by atoms with Gasteiger partial charge in [0.1, 0.15) is 5.82 Å². The van der Waals surface area contributed by atoms with Crippen molar-refractivity contribution in [2.24, 2.45) is 0 Å². The lowest BCUT2D eigenvalue weighted by Gasteiger charge is -2.37.